The third-order valence-electron chi connectivity index (χ3n) is 4.99. The van der Waals surface area contributed by atoms with Gasteiger partial charge in [-0.15, -0.1) is 10.2 Å². The molecule has 0 aliphatic carbocycles. The van der Waals surface area contributed by atoms with Gasteiger partial charge in [-0.3, -0.25) is 9.59 Å². The fourth-order valence-corrected chi connectivity index (χ4v) is 4.24. The van der Waals surface area contributed by atoms with Crippen molar-refractivity contribution in [1.29, 1.82) is 0 Å². The van der Waals surface area contributed by atoms with Crippen molar-refractivity contribution >= 4 is 35.0 Å². The lowest BCUT2D eigenvalue weighted by Gasteiger charge is -2.30. The molecule has 0 fully saturated rings. The summed E-state index contributed by atoms with van der Waals surface area (Å²) in [6, 6.07) is 13.3. The number of aromatic nitrogens is 3. The summed E-state index contributed by atoms with van der Waals surface area (Å²) in [7, 11) is 1.83. The van der Waals surface area contributed by atoms with Crippen LogP contribution in [-0.4, -0.2) is 38.9 Å². The van der Waals surface area contributed by atoms with Crippen LogP contribution >= 0.6 is 11.8 Å². The first-order chi connectivity index (χ1) is 14.5. The number of hydrogen-bond donors (Lipinski definition) is 1. The van der Waals surface area contributed by atoms with Gasteiger partial charge in [0.15, 0.2) is 5.16 Å². The Morgan fingerprint density at radius 1 is 1.20 bits per heavy atom. The number of amides is 2. The average molecular weight is 422 g/mol. The molecule has 0 saturated heterocycles. The van der Waals surface area contributed by atoms with Crippen LogP contribution in [0.5, 0.6) is 0 Å². The zero-order chi connectivity index (χ0) is 21.1. The number of anilines is 2. The van der Waals surface area contributed by atoms with Crippen molar-refractivity contribution in [2.75, 3.05) is 22.5 Å². The largest absolute Gasteiger partial charge is 0.325 e. The third kappa shape index (κ3) is 4.38. The minimum absolute atomic E-state index is 0.0515. The van der Waals surface area contributed by atoms with Crippen molar-refractivity contribution in [3.63, 3.8) is 0 Å². The second-order valence-electron chi connectivity index (χ2n) is 7.33. The minimum Gasteiger partial charge on any atom is -0.325 e. The van der Waals surface area contributed by atoms with E-state index < -0.39 is 0 Å². The maximum absolute atomic E-state index is 13.2. The molecule has 1 aromatic heterocycles. The van der Waals surface area contributed by atoms with Gasteiger partial charge in [0.05, 0.1) is 5.75 Å². The molecular formula is C22H23N5O2S. The van der Waals surface area contributed by atoms with E-state index >= 15 is 0 Å². The van der Waals surface area contributed by atoms with Crippen LogP contribution in [0.15, 0.2) is 53.9 Å². The van der Waals surface area contributed by atoms with E-state index in [0.717, 1.165) is 18.5 Å². The molecule has 0 radical (unpaired) electrons. The van der Waals surface area contributed by atoms with Crippen molar-refractivity contribution < 1.29 is 9.59 Å². The SMILES string of the molecule is Cc1ccc2c(c1)CCCN2C(=O)c1cccc(NC(=O)CSc2nncn2C)c1. The second-order valence-corrected chi connectivity index (χ2v) is 8.28. The molecule has 154 valence electrons. The molecule has 4 rings (SSSR count). The number of fused-ring (bicyclic) bond motifs is 1. The van der Waals surface area contributed by atoms with Gasteiger partial charge in [-0.05, 0) is 49.6 Å². The quantitative estimate of drug-likeness (QED) is 0.639. The normalized spacial score (nSPS) is 13.1. The van der Waals surface area contributed by atoms with Gasteiger partial charge in [0.25, 0.3) is 5.91 Å². The van der Waals surface area contributed by atoms with Crippen LogP contribution in [0.1, 0.15) is 27.9 Å². The van der Waals surface area contributed by atoms with E-state index in [9.17, 15) is 9.59 Å². The predicted molar refractivity (Wildman–Crippen MR) is 118 cm³/mol. The van der Waals surface area contributed by atoms with Gasteiger partial charge < -0.3 is 14.8 Å². The first-order valence-electron chi connectivity index (χ1n) is 9.79. The average Bonchev–Trinajstić information content (AvgIpc) is 3.16. The fourth-order valence-electron chi connectivity index (χ4n) is 3.55. The van der Waals surface area contributed by atoms with Gasteiger partial charge in [0, 0.05) is 30.5 Å². The lowest BCUT2D eigenvalue weighted by atomic mass is 9.99. The number of aryl methyl sites for hydroxylation is 3. The van der Waals surface area contributed by atoms with Gasteiger partial charge >= 0.3 is 0 Å². The van der Waals surface area contributed by atoms with Crippen LogP contribution in [0.2, 0.25) is 0 Å². The Morgan fingerprint density at radius 3 is 2.87 bits per heavy atom. The molecular weight excluding hydrogens is 398 g/mol. The fraction of sp³-hybridized carbons (Fsp3) is 0.273. The molecule has 1 N–H and O–H groups in total. The van der Waals surface area contributed by atoms with Crippen LogP contribution < -0.4 is 10.2 Å². The summed E-state index contributed by atoms with van der Waals surface area (Å²) in [5.74, 6) is -0.000401. The first-order valence-corrected chi connectivity index (χ1v) is 10.8. The summed E-state index contributed by atoms with van der Waals surface area (Å²) in [5.41, 5.74) is 4.55. The highest BCUT2D eigenvalue weighted by atomic mass is 32.2. The topological polar surface area (TPSA) is 80.1 Å². The van der Waals surface area contributed by atoms with Crippen LogP contribution in [0.25, 0.3) is 0 Å². The van der Waals surface area contributed by atoms with Gasteiger partial charge in [-0.25, -0.2) is 0 Å². The Labute approximate surface area is 179 Å². The predicted octanol–water partition coefficient (Wildman–Crippen LogP) is 3.45. The van der Waals surface area contributed by atoms with E-state index in [2.05, 4.69) is 28.5 Å². The number of nitrogens with zero attached hydrogens (tertiary/aromatic N) is 4. The molecule has 2 heterocycles. The summed E-state index contributed by atoms with van der Waals surface area (Å²) >= 11 is 1.31. The summed E-state index contributed by atoms with van der Waals surface area (Å²) < 4.78 is 1.76. The molecule has 0 atom stereocenters. The van der Waals surface area contributed by atoms with E-state index in [4.69, 9.17) is 0 Å². The van der Waals surface area contributed by atoms with Gasteiger partial charge in [0.2, 0.25) is 5.91 Å². The zero-order valence-corrected chi connectivity index (χ0v) is 17.8. The maximum atomic E-state index is 13.2. The van der Waals surface area contributed by atoms with Gasteiger partial charge in [-0.1, -0.05) is 35.5 Å². The number of hydrogen-bond acceptors (Lipinski definition) is 5. The number of nitrogens with one attached hydrogen (secondary N) is 1. The molecule has 0 spiro atoms. The Morgan fingerprint density at radius 2 is 2.07 bits per heavy atom. The molecule has 1 aliphatic rings. The number of rotatable bonds is 5. The molecule has 30 heavy (non-hydrogen) atoms. The summed E-state index contributed by atoms with van der Waals surface area (Å²) in [6.07, 6.45) is 3.52. The second kappa shape index (κ2) is 8.71. The zero-order valence-electron chi connectivity index (χ0n) is 17.0. The van der Waals surface area contributed by atoms with Crippen LogP contribution in [0.3, 0.4) is 0 Å². The lowest BCUT2D eigenvalue weighted by Crippen LogP contribution is -2.35. The maximum Gasteiger partial charge on any atom is 0.258 e. The molecule has 3 aromatic rings. The Balaban J connectivity index is 1.45. The van der Waals surface area contributed by atoms with E-state index in [0.29, 0.717) is 23.0 Å². The Bertz CT molecular complexity index is 1090. The number of carbonyl (C=O) groups is 2. The van der Waals surface area contributed by atoms with Crippen LogP contribution in [0.4, 0.5) is 11.4 Å². The minimum atomic E-state index is -0.161. The third-order valence-corrected chi connectivity index (χ3v) is 6.03. The highest BCUT2D eigenvalue weighted by Gasteiger charge is 2.23. The molecule has 2 amide bonds. The summed E-state index contributed by atoms with van der Waals surface area (Å²) in [5, 5.41) is 11.3. The Kier molecular flexibility index (Phi) is 5.85. The van der Waals surface area contributed by atoms with E-state index in [-0.39, 0.29) is 17.6 Å². The van der Waals surface area contributed by atoms with E-state index in [1.165, 1.54) is 22.9 Å². The Hall–Kier alpha value is -3.13. The standard InChI is InChI=1S/C22H23N5O2S/c1-15-8-9-19-16(11-15)6-4-10-27(19)21(29)17-5-3-7-18(12-17)24-20(28)13-30-22-25-23-14-26(22)2/h3,5,7-9,11-12,14H,4,6,10,13H2,1-2H3,(H,24,28). The van der Waals surface area contributed by atoms with Crippen LogP contribution in [-0.2, 0) is 18.3 Å². The van der Waals surface area contributed by atoms with Crippen molar-refractivity contribution in [2.24, 2.45) is 7.05 Å². The first kappa shape index (κ1) is 20.2. The van der Waals surface area contributed by atoms with E-state index in [1.54, 1.807) is 35.2 Å². The van der Waals surface area contributed by atoms with Crippen molar-refractivity contribution in [1.82, 2.24) is 14.8 Å². The van der Waals surface area contributed by atoms with Crippen molar-refractivity contribution in [3.8, 4) is 0 Å². The molecule has 8 heteroatoms. The van der Waals surface area contributed by atoms with Gasteiger partial charge in [-0.2, -0.15) is 0 Å². The van der Waals surface area contributed by atoms with Crippen molar-refractivity contribution in [2.45, 2.75) is 24.9 Å². The number of thioether (sulfide) groups is 1. The van der Waals surface area contributed by atoms with Gasteiger partial charge in [0.1, 0.15) is 6.33 Å². The summed E-state index contributed by atoms with van der Waals surface area (Å²) in [6.45, 7) is 2.76. The smallest absolute Gasteiger partial charge is 0.258 e. The highest BCUT2D eigenvalue weighted by molar-refractivity contribution is 7.99. The molecule has 2 aromatic carbocycles. The molecule has 7 nitrogen and oxygen atoms in total. The van der Waals surface area contributed by atoms with Crippen molar-refractivity contribution in [3.05, 3.63) is 65.5 Å². The lowest BCUT2D eigenvalue weighted by molar-refractivity contribution is -0.113. The molecule has 0 saturated carbocycles. The van der Waals surface area contributed by atoms with Crippen LogP contribution in [0, 0.1) is 6.92 Å². The molecule has 1 aliphatic heterocycles. The number of benzene rings is 2. The molecule has 0 bridgehead atoms. The highest BCUT2D eigenvalue weighted by Crippen LogP contribution is 2.29. The molecule has 0 unspecified atom stereocenters. The monoisotopic (exact) mass is 421 g/mol. The van der Waals surface area contributed by atoms with E-state index in [1.807, 2.05) is 24.1 Å². The summed E-state index contributed by atoms with van der Waals surface area (Å²) in [4.78, 5) is 27.3. The number of carbonyl (C=O) groups excluding carboxylic acids is 2.